The molecule has 0 fully saturated rings. The first-order chi connectivity index (χ1) is 11.8. The number of pyridine rings is 2. The molecule has 0 atom stereocenters. The second-order valence-electron chi connectivity index (χ2n) is 5.17. The molecule has 0 N–H and O–H groups in total. The van der Waals surface area contributed by atoms with Crippen molar-refractivity contribution in [2.45, 2.75) is 0 Å². The molecular formula is C19H12N2O3. The highest BCUT2D eigenvalue weighted by molar-refractivity contribution is 5.82. The van der Waals surface area contributed by atoms with Crippen molar-refractivity contribution in [2.75, 3.05) is 0 Å². The first-order valence-corrected chi connectivity index (χ1v) is 7.37. The number of fused-ring (bicyclic) bond motifs is 2. The maximum atomic E-state index is 12.0. The van der Waals surface area contributed by atoms with E-state index in [4.69, 9.17) is 9.47 Å². The van der Waals surface area contributed by atoms with Crippen LogP contribution in [0.4, 0.5) is 4.79 Å². The van der Waals surface area contributed by atoms with E-state index in [1.165, 1.54) is 0 Å². The Morgan fingerprint density at radius 1 is 0.708 bits per heavy atom. The fraction of sp³-hybridized carbons (Fsp3) is 0. The van der Waals surface area contributed by atoms with Crippen LogP contribution in [0.5, 0.6) is 11.5 Å². The van der Waals surface area contributed by atoms with Gasteiger partial charge in [-0.3, -0.25) is 9.97 Å². The minimum absolute atomic E-state index is 0.380. The van der Waals surface area contributed by atoms with Gasteiger partial charge in [-0.15, -0.1) is 0 Å². The summed E-state index contributed by atoms with van der Waals surface area (Å²) in [6.07, 6.45) is 2.57. The number of hydrogen-bond donors (Lipinski definition) is 0. The highest BCUT2D eigenvalue weighted by Gasteiger charge is 2.09. The summed E-state index contributed by atoms with van der Waals surface area (Å²) in [6, 6.07) is 18.0. The van der Waals surface area contributed by atoms with Gasteiger partial charge in [0, 0.05) is 35.3 Å². The number of aromatic nitrogens is 2. The zero-order valence-electron chi connectivity index (χ0n) is 12.5. The van der Waals surface area contributed by atoms with Crippen LogP contribution < -0.4 is 9.47 Å². The average molecular weight is 316 g/mol. The number of carbonyl (C=O) groups excluding carboxylic acids is 1. The molecule has 5 nitrogen and oxygen atoms in total. The number of benzene rings is 2. The van der Waals surface area contributed by atoms with Crippen molar-refractivity contribution < 1.29 is 14.3 Å². The number of hydrogen-bond acceptors (Lipinski definition) is 5. The van der Waals surface area contributed by atoms with Gasteiger partial charge < -0.3 is 9.47 Å². The van der Waals surface area contributed by atoms with Gasteiger partial charge in [0.25, 0.3) is 0 Å². The van der Waals surface area contributed by atoms with Crippen LogP contribution in [0.15, 0.2) is 73.1 Å². The van der Waals surface area contributed by atoms with Gasteiger partial charge in [-0.2, -0.15) is 0 Å². The Morgan fingerprint density at radius 3 is 1.71 bits per heavy atom. The third kappa shape index (κ3) is 2.87. The fourth-order valence-electron chi connectivity index (χ4n) is 2.43. The molecule has 0 aliphatic heterocycles. The quantitative estimate of drug-likeness (QED) is 0.406. The van der Waals surface area contributed by atoms with Crippen molar-refractivity contribution in [3.63, 3.8) is 0 Å². The Morgan fingerprint density at radius 2 is 1.21 bits per heavy atom. The Labute approximate surface area is 137 Å². The predicted octanol–water partition coefficient (Wildman–Crippen LogP) is 4.36. The SMILES string of the molecule is O=C(Oc1ccc2cccnc2c1)Oc1ccc2cccnc2c1. The number of nitrogens with zero attached hydrogens (tertiary/aromatic N) is 2. The van der Waals surface area contributed by atoms with Gasteiger partial charge in [0.2, 0.25) is 0 Å². The van der Waals surface area contributed by atoms with Gasteiger partial charge >= 0.3 is 6.16 Å². The van der Waals surface area contributed by atoms with Crippen molar-refractivity contribution in [3.8, 4) is 11.5 Å². The van der Waals surface area contributed by atoms with E-state index in [0.717, 1.165) is 21.8 Å². The number of rotatable bonds is 2. The normalized spacial score (nSPS) is 10.7. The van der Waals surface area contributed by atoms with E-state index in [1.54, 1.807) is 36.7 Å². The van der Waals surface area contributed by atoms with E-state index < -0.39 is 6.16 Å². The van der Waals surface area contributed by atoms with E-state index in [2.05, 4.69) is 9.97 Å². The first kappa shape index (κ1) is 14.1. The summed E-state index contributed by atoms with van der Waals surface area (Å²) >= 11 is 0. The predicted molar refractivity (Wildman–Crippen MR) is 90.1 cm³/mol. The van der Waals surface area contributed by atoms with Crippen LogP contribution >= 0.6 is 0 Å². The lowest BCUT2D eigenvalue weighted by Gasteiger charge is -2.07. The smallest absolute Gasteiger partial charge is 0.395 e. The molecule has 2 aromatic carbocycles. The summed E-state index contributed by atoms with van der Waals surface area (Å²) in [5.74, 6) is 0.759. The minimum atomic E-state index is -0.805. The zero-order chi connectivity index (χ0) is 16.4. The summed E-state index contributed by atoms with van der Waals surface area (Å²) in [7, 11) is 0. The Hall–Kier alpha value is -3.47. The molecule has 0 spiro atoms. The summed E-state index contributed by atoms with van der Waals surface area (Å²) < 4.78 is 10.4. The van der Waals surface area contributed by atoms with E-state index >= 15 is 0 Å². The lowest BCUT2D eigenvalue weighted by molar-refractivity contribution is 0.152. The Bertz CT molecular complexity index is 963. The maximum absolute atomic E-state index is 12.0. The van der Waals surface area contributed by atoms with Crippen molar-refractivity contribution in [1.82, 2.24) is 9.97 Å². The van der Waals surface area contributed by atoms with Crippen molar-refractivity contribution in [3.05, 3.63) is 73.1 Å². The van der Waals surface area contributed by atoms with Gasteiger partial charge in [0.15, 0.2) is 0 Å². The first-order valence-electron chi connectivity index (χ1n) is 7.37. The molecular weight excluding hydrogens is 304 g/mol. The lowest BCUT2D eigenvalue weighted by atomic mass is 10.2. The van der Waals surface area contributed by atoms with Crippen LogP contribution in [0, 0.1) is 0 Å². The molecule has 0 bridgehead atoms. The molecule has 2 aromatic heterocycles. The average Bonchev–Trinajstić information content (AvgIpc) is 2.61. The molecule has 2 heterocycles. The molecule has 0 saturated heterocycles. The molecule has 0 radical (unpaired) electrons. The maximum Gasteiger partial charge on any atom is 0.519 e. The van der Waals surface area contributed by atoms with Crippen LogP contribution in [0.3, 0.4) is 0 Å². The minimum Gasteiger partial charge on any atom is -0.395 e. The highest BCUT2D eigenvalue weighted by atomic mass is 16.7. The van der Waals surface area contributed by atoms with E-state index in [1.807, 2.05) is 36.4 Å². The van der Waals surface area contributed by atoms with Gasteiger partial charge in [-0.25, -0.2) is 4.79 Å². The fourth-order valence-corrected chi connectivity index (χ4v) is 2.43. The van der Waals surface area contributed by atoms with Crippen LogP contribution in [-0.4, -0.2) is 16.1 Å². The summed E-state index contributed by atoms with van der Waals surface area (Å²) in [5, 5.41) is 1.94. The topological polar surface area (TPSA) is 61.3 Å². The summed E-state index contributed by atoms with van der Waals surface area (Å²) in [6.45, 7) is 0. The van der Waals surface area contributed by atoms with Crippen molar-refractivity contribution >= 4 is 28.0 Å². The highest BCUT2D eigenvalue weighted by Crippen LogP contribution is 2.21. The monoisotopic (exact) mass is 316 g/mol. The molecule has 0 saturated carbocycles. The lowest BCUT2D eigenvalue weighted by Crippen LogP contribution is -2.13. The number of carbonyl (C=O) groups is 1. The summed E-state index contributed by atoms with van der Waals surface area (Å²) in [4.78, 5) is 20.4. The third-order valence-electron chi connectivity index (χ3n) is 3.56. The molecule has 0 aliphatic carbocycles. The van der Waals surface area contributed by atoms with Crippen LogP contribution in [0.2, 0.25) is 0 Å². The summed E-state index contributed by atoms with van der Waals surface area (Å²) in [5.41, 5.74) is 1.50. The molecule has 0 unspecified atom stereocenters. The molecule has 4 rings (SSSR count). The zero-order valence-corrected chi connectivity index (χ0v) is 12.5. The van der Waals surface area contributed by atoms with E-state index in [0.29, 0.717) is 11.5 Å². The standard InChI is InChI=1S/C19H12N2O3/c22-19(23-15-7-5-13-3-1-9-20-17(13)11-15)24-16-8-6-14-4-2-10-21-18(14)12-16/h1-12H. The van der Waals surface area contributed by atoms with Crippen molar-refractivity contribution in [1.29, 1.82) is 0 Å². The molecule has 0 amide bonds. The van der Waals surface area contributed by atoms with Gasteiger partial charge in [-0.05, 0) is 36.4 Å². The van der Waals surface area contributed by atoms with Gasteiger partial charge in [0.1, 0.15) is 11.5 Å². The van der Waals surface area contributed by atoms with E-state index in [-0.39, 0.29) is 0 Å². The van der Waals surface area contributed by atoms with E-state index in [9.17, 15) is 4.79 Å². The Kier molecular flexibility index (Phi) is 3.51. The second-order valence-corrected chi connectivity index (χ2v) is 5.17. The molecule has 0 aliphatic rings. The van der Waals surface area contributed by atoms with Crippen molar-refractivity contribution in [2.24, 2.45) is 0 Å². The molecule has 116 valence electrons. The molecule has 4 aromatic rings. The second kappa shape index (κ2) is 5.96. The number of ether oxygens (including phenoxy) is 2. The largest absolute Gasteiger partial charge is 0.519 e. The third-order valence-corrected chi connectivity index (χ3v) is 3.56. The van der Waals surface area contributed by atoms with Crippen LogP contribution in [0.1, 0.15) is 0 Å². The molecule has 24 heavy (non-hydrogen) atoms. The Balaban J connectivity index is 1.52. The van der Waals surface area contributed by atoms with Crippen LogP contribution in [-0.2, 0) is 0 Å². The van der Waals surface area contributed by atoms with Gasteiger partial charge in [0.05, 0.1) is 11.0 Å². The van der Waals surface area contributed by atoms with Gasteiger partial charge in [-0.1, -0.05) is 12.1 Å². The molecule has 5 heteroatoms. The van der Waals surface area contributed by atoms with Crippen LogP contribution in [0.25, 0.3) is 21.8 Å².